The molecule has 2 aromatic heterocycles. The summed E-state index contributed by atoms with van der Waals surface area (Å²) in [6.07, 6.45) is 1.16. The van der Waals surface area contributed by atoms with Gasteiger partial charge in [0, 0.05) is 74.0 Å². The second kappa shape index (κ2) is 25.7. The summed E-state index contributed by atoms with van der Waals surface area (Å²) in [4.78, 5) is 38.9. The molecular weight excluding hydrogens is 947 g/mol. The number of benzene rings is 2. The maximum atomic E-state index is 13.5. The Balaban J connectivity index is 0.000000453. The quantitative estimate of drug-likeness (QED) is 0.0918. The van der Waals surface area contributed by atoms with Gasteiger partial charge in [-0.15, -0.1) is 0 Å². The predicted octanol–water partition coefficient (Wildman–Crippen LogP) is 1.75. The number of rotatable bonds is 20. The number of carbonyl (C=O) groups excluding carboxylic acids is 2. The number of hydrogen-bond donors (Lipinski definition) is 4. The Bertz CT molecular complexity index is 2430. The third-order valence-corrected chi connectivity index (χ3v) is 11.9. The van der Waals surface area contributed by atoms with Gasteiger partial charge in [-0.25, -0.2) is 54.2 Å². The van der Waals surface area contributed by atoms with E-state index in [-0.39, 0.29) is 74.3 Å². The van der Waals surface area contributed by atoms with E-state index in [1.54, 1.807) is 0 Å². The molecule has 0 fully saturated rings. The number of halogens is 2. The van der Waals surface area contributed by atoms with Crippen LogP contribution in [0.2, 0.25) is 0 Å². The van der Waals surface area contributed by atoms with Crippen LogP contribution in [0.25, 0.3) is 34.7 Å². The third kappa shape index (κ3) is 18.1. The van der Waals surface area contributed by atoms with Gasteiger partial charge in [0.2, 0.25) is 31.9 Å². The van der Waals surface area contributed by atoms with Gasteiger partial charge in [0.15, 0.2) is 0 Å². The molecule has 0 aliphatic rings. The fraction of sp³-hybridized carbons (Fsp3) is 0.409. The summed E-state index contributed by atoms with van der Waals surface area (Å²) in [7, 11) is -4.67. The molecule has 0 bridgehead atoms. The van der Waals surface area contributed by atoms with Gasteiger partial charge in [0.25, 0.3) is 0 Å². The van der Waals surface area contributed by atoms with Crippen LogP contribution in [0.1, 0.15) is 87.7 Å². The molecule has 0 saturated heterocycles. The van der Waals surface area contributed by atoms with Gasteiger partial charge >= 0.3 is 37.7 Å². The van der Waals surface area contributed by atoms with Gasteiger partial charge in [0.05, 0.1) is 59.7 Å². The van der Waals surface area contributed by atoms with Crippen LogP contribution in [0.3, 0.4) is 0 Å². The molecule has 4 rings (SSSR count). The Morgan fingerprint density at radius 2 is 0.910 bits per heavy atom. The first-order valence-electron chi connectivity index (χ1n) is 20.3. The Morgan fingerprint density at radius 3 is 1.16 bits per heavy atom. The summed E-state index contributed by atoms with van der Waals surface area (Å²) in [6.45, 7) is 7.38. The summed E-state index contributed by atoms with van der Waals surface area (Å²) >= 11 is 0. The Hall–Kier alpha value is -4.52. The second-order valence-corrected chi connectivity index (χ2v) is 19.9. The molecule has 2 heterocycles. The molecule has 4 N–H and O–H groups in total. The van der Waals surface area contributed by atoms with Crippen LogP contribution in [0.4, 0.5) is 20.7 Å². The maximum Gasteiger partial charge on any atom is 2.00 e. The number of aromatic nitrogens is 4. The molecule has 0 spiro atoms. The molecule has 4 atom stereocenters. The minimum Gasteiger partial charge on any atom is -0.550 e. The van der Waals surface area contributed by atoms with Crippen molar-refractivity contribution in [2.75, 3.05) is 35.2 Å². The Morgan fingerprint density at radius 1 is 0.612 bits per heavy atom. The van der Waals surface area contributed by atoms with Crippen molar-refractivity contribution in [1.29, 1.82) is 0 Å². The van der Waals surface area contributed by atoms with Crippen molar-refractivity contribution < 1.29 is 65.8 Å². The molecule has 2 aromatic carbocycles. The minimum atomic E-state index is -3.66. The first kappa shape index (κ1) is 58.6. The fourth-order valence-corrected chi connectivity index (χ4v) is 6.83. The van der Waals surface area contributed by atoms with Gasteiger partial charge in [-0.3, -0.25) is 0 Å². The van der Waals surface area contributed by atoms with Crippen molar-refractivity contribution in [3.05, 3.63) is 94.8 Å². The molecule has 360 valence electrons. The van der Waals surface area contributed by atoms with Crippen LogP contribution in [0, 0.1) is 11.6 Å². The minimum absolute atomic E-state index is 0. The SMILES string of the molecule is CC(C)c1nc(N(C)S(C)(=O)=O)nc(-c2ccc(F)cc2)c1/C=C/[C@H](O)C[C@@H](O)CC(=O)[O-].CC(C)c1nc(N(C)S(C)(=O)=O)nc(-c2ccc(F)cc2)c1/C=C/[C@H](O)C[C@@H](O)CC(=O)[O-].[Ca+2]. The molecule has 0 unspecified atom stereocenters. The van der Waals surface area contributed by atoms with Crippen molar-refractivity contribution in [3.63, 3.8) is 0 Å². The van der Waals surface area contributed by atoms with Crippen LogP contribution >= 0.6 is 0 Å². The van der Waals surface area contributed by atoms with Gasteiger partial charge in [0.1, 0.15) is 11.6 Å². The fourth-order valence-electron chi connectivity index (χ4n) is 6.07. The van der Waals surface area contributed by atoms with Crippen molar-refractivity contribution >= 4 is 93.8 Å². The summed E-state index contributed by atoms with van der Waals surface area (Å²) in [6, 6.07) is 10.9. The van der Waals surface area contributed by atoms with Gasteiger partial charge in [-0.1, -0.05) is 52.0 Å². The number of nitrogens with zero attached hydrogens (tertiary/aromatic N) is 6. The van der Waals surface area contributed by atoms with E-state index in [0.717, 1.165) is 21.1 Å². The van der Waals surface area contributed by atoms with E-state index in [1.165, 1.54) is 86.9 Å². The van der Waals surface area contributed by atoms with Crippen LogP contribution in [0.15, 0.2) is 60.7 Å². The van der Waals surface area contributed by atoms with E-state index in [9.17, 15) is 65.8 Å². The van der Waals surface area contributed by atoms with Gasteiger partial charge in [-0.2, -0.15) is 0 Å². The molecule has 23 heteroatoms. The summed E-state index contributed by atoms with van der Waals surface area (Å²) < 4.78 is 77.1. The summed E-state index contributed by atoms with van der Waals surface area (Å²) in [5.41, 5.74) is 3.52. The standard InChI is InChI=1S/2C22H28FN3O6S.Ca/c2*1-13(2)20-18(10-9-16(27)11-17(28)12-19(29)30)21(14-5-7-15(23)8-6-14)25-22(24-20)26(3)33(4,31)32;/h2*5-10,13,16-17,27-28H,11-12H2,1-4H3,(H,29,30);/q;;+2/p-2/b2*10-9+;/t2*16-,17+;/m00./s1. The predicted molar refractivity (Wildman–Crippen MR) is 246 cm³/mol. The summed E-state index contributed by atoms with van der Waals surface area (Å²) in [5, 5.41) is 61.1. The average Bonchev–Trinajstić information content (AvgIpc) is 3.20. The van der Waals surface area contributed by atoms with E-state index in [2.05, 4.69) is 19.9 Å². The van der Waals surface area contributed by atoms with E-state index in [4.69, 9.17) is 0 Å². The maximum absolute atomic E-state index is 13.5. The number of aliphatic carboxylic acids is 2. The topological polar surface area (TPSA) is 287 Å². The van der Waals surface area contributed by atoms with Crippen LogP contribution in [-0.4, -0.2) is 158 Å². The molecule has 0 aliphatic heterocycles. The summed E-state index contributed by atoms with van der Waals surface area (Å²) in [5.74, 6) is -4.28. The van der Waals surface area contributed by atoms with Crippen LogP contribution in [0.5, 0.6) is 0 Å². The number of anilines is 2. The molecule has 18 nitrogen and oxygen atoms in total. The first-order chi connectivity index (χ1) is 30.6. The Kier molecular flexibility index (Phi) is 22.5. The van der Waals surface area contributed by atoms with Crippen molar-refractivity contribution in [2.45, 2.75) is 89.6 Å². The van der Waals surface area contributed by atoms with Crippen molar-refractivity contribution in [3.8, 4) is 22.5 Å². The number of carbonyl (C=O) groups is 2. The van der Waals surface area contributed by atoms with Crippen molar-refractivity contribution in [1.82, 2.24) is 19.9 Å². The zero-order valence-electron chi connectivity index (χ0n) is 38.2. The molecule has 0 aliphatic carbocycles. The molecule has 0 amide bonds. The third-order valence-electron chi connectivity index (χ3n) is 9.62. The van der Waals surface area contributed by atoms with Crippen LogP contribution in [-0.2, 0) is 29.6 Å². The van der Waals surface area contributed by atoms with Gasteiger partial charge in [-0.05, 0) is 60.4 Å². The van der Waals surface area contributed by atoms with E-state index >= 15 is 0 Å². The molecule has 0 saturated carbocycles. The molecule has 4 aromatic rings. The van der Waals surface area contributed by atoms with Gasteiger partial charge < -0.3 is 40.2 Å². The smallest absolute Gasteiger partial charge is 0.550 e. The number of aliphatic hydroxyl groups excluding tert-OH is 4. The van der Waals surface area contributed by atoms with E-state index in [1.807, 2.05) is 27.7 Å². The normalized spacial score (nSPS) is 13.7. The first-order valence-corrected chi connectivity index (χ1v) is 24.0. The van der Waals surface area contributed by atoms with Crippen LogP contribution < -0.4 is 18.8 Å². The number of carboxylic acids is 2. The number of carboxylic acid groups (broad SMARTS) is 2. The molecule has 67 heavy (non-hydrogen) atoms. The second-order valence-electron chi connectivity index (χ2n) is 15.9. The zero-order valence-corrected chi connectivity index (χ0v) is 42.1. The average molecular weight is 1000 g/mol. The number of aliphatic hydroxyl groups is 4. The molecule has 0 radical (unpaired) electrons. The largest absolute Gasteiger partial charge is 2.00 e. The van der Waals surface area contributed by atoms with Crippen molar-refractivity contribution in [2.24, 2.45) is 0 Å². The molecular formula is C44H54CaF2N6O12S2. The number of hydrogen-bond acceptors (Lipinski definition) is 16. The number of sulfonamides is 2. The van der Waals surface area contributed by atoms with E-state index in [0.29, 0.717) is 45.0 Å². The zero-order chi connectivity index (χ0) is 49.8. The Labute approximate surface area is 418 Å². The monoisotopic (exact) mass is 1000 g/mol. The van der Waals surface area contributed by atoms with E-state index < -0.39 is 80.9 Å².